The molecule has 0 saturated carbocycles. The van der Waals surface area contributed by atoms with Crippen LogP contribution in [0.25, 0.3) is 5.69 Å². The number of aromatic nitrogens is 2. The highest BCUT2D eigenvalue weighted by Gasteiger charge is 2.04. The average molecular weight is 349 g/mol. The van der Waals surface area contributed by atoms with Crippen molar-refractivity contribution in [3.63, 3.8) is 0 Å². The SMILES string of the molecule is CCc1ccc(OCC(=O)NCc2ccc(-n3ccnc3C)cc2)cc1. The van der Waals surface area contributed by atoms with Crippen LogP contribution in [-0.2, 0) is 17.8 Å². The zero-order valence-electron chi connectivity index (χ0n) is 15.1. The second-order valence-corrected chi connectivity index (χ2v) is 6.07. The molecule has 0 spiro atoms. The van der Waals surface area contributed by atoms with Crippen molar-refractivity contribution in [2.45, 2.75) is 26.8 Å². The molecule has 1 amide bonds. The zero-order valence-corrected chi connectivity index (χ0v) is 15.1. The van der Waals surface area contributed by atoms with Crippen molar-refractivity contribution in [2.75, 3.05) is 6.61 Å². The first-order valence-electron chi connectivity index (χ1n) is 8.73. The van der Waals surface area contributed by atoms with Gasteiger partial charge in [-0.25, -0.2) is 4.98 Å². The number of benzene rings is 2. The summed E-state index contributed by atoms with van der Waals surface area (Å²) in [6, 6.07) is 15.8. The molecule has 1 aromatic heterocycles. The molecule has 0 atom stereocenters. The van der Waals surface area contributed by atoms with E-state index in [-0.39, 0.29) is 12.5 Å². The number of rotatable bonds is 7. The van der Waals surface area contributed by atoms with E-state index >= 15 is 0 Å². The van der Waals surface area contributed by atoms with Gasteiger partial charge in [0, 0.05) is 24.6 Å². The quantitative estimate of drug-likeness (QED) is 0.711. The smallest absolute Gasteiger partial charge is 0.258 e. The first-order chi connectivity index (χ1) is 12.7. The highest BCUT2D eigenvalue weighted by molar-refractivity contribution is 5.77. The number of hydrogen-bond acceptors (Lipinski definition) is 3. The first kappa shape index (κ1) is 17.7. The molecule has 5 nitrogen and oxygen atoms in total. The molecule has 26 heavy (non-hydrogen) atoms. The molecule has 0 bridgehead atoms. The molecule has 2 aromatic carbocycles. The molecule has 1 N–H and O–H groups in total. The number of imidazole rings is 1. The van der Waals surface area contributed by atoms with Crippen LogP contribution in [0.3, 0.4) is 0 Å². The largest absolute Gasteiger partial charge is 0.484 e. The predicted molar refractivity (Wildman–Crippen MR) is 101 cm³/mol. The van der Waals surface area contributed by atoms with E-state index in [1.54, 1.807) is 6.20 Å². The minimum absolute atomic E-state index is 0.0117. The normalized spacial score (nSPS) is 10.5. The summed E-state index contributed by atoms with van der Waals surface area (Å²) in [4.78, 5) is 16.2. The van der Waals surface area contributed by atoms with Crippen LogP contribution in [-0.4, -0.2) is 22.1 Å². The third-order valence-corrected chi connectivity index (χ3v) is 4.23. The maximum Gasteiger partial charge on any atom is 0.258 e. The monoisotopic (exact) mass is 349 g/mol. The summed E-state index contributed by atoms with van der Waals surface area (Å²) < 4.78 is 7.53. The molecule has 0 fully saturated rings. The minimum atomic E-state index is -0.140. The van der Waals surface area contributed by atoms with Gasteiger partial charge in [-0.2, -0.15) is 0 Å². The van der Waals surface area contributed by atoms with Crippen molar-refractivity contribution in [1.29, 1.82) is 0 Å². The Morgan fingerprint density at radius 3 is 2.38 bits per heavy atom. The van der Waals surface area contributed by atoms with Gasteiger partial charge in [-0.1, -0.05) is 31.2 Å². The van der Waals surface area contributed by atoms with Gasteiger partial charge in [-0.15, -0.1) is 0 Å². The van der Waals surface area contributed by atoms with E-state index in [4.69, 9.17) is 4.74 Å². The lowest BCUT2D eigenvalue weighted by atomic mass is 10.2. The van der Waals surface area contributed by atoms with E-state index in [0.717, 1.165) is 23.5 Å². The van der Waals surface area contributed by atoms with Crippen molar-refractivity contribution in [1.82, 2.24) is 14.9 Å². The van der Waals surface area contributed by atoms with Gasteiger partial charge in [0.1, 0.15) is 11.6 Å². The Balaban J connectivity index is 1.47. The van der Waals surface area contributed by atoms with Crippen LogP contribution < -0.4 is 10.1 Å². The molecule has 3 aromatic rings. The van der Waals surface area contributed by atoms with Crippen LogP contribution in [0.2, 0.25) is 0 Å². The summed E-state index contributed by atoms with van der Waals surface area (Å²) in [5.41, 5.74) is 3.33. The standard InChI is InChI=1S/C21H23N3O2/c1-3-17-6-10-20(11-7-17)26-15-21(25)23-14-18-4-8-19(9-5-18)24-13-12-22-16(24)2/h4-13H,3,14-15H2,1-2H3,(H,23,25). The molecule has 0 aliphatic heterocycles. The number of carbonyl (C=O) groups excluding carboxylic acids is 1. The molecular formula is C21H23N3O2. The first-order valence-corrected chi connectivity index (χ1v) is 8.73. The Labute approximate surface area is 153 Å². The second kappa shape index (κ2) is 8.34. The minimum Gasteiger partial charge on any atom is -0.484 e. The molecular weight excluding hydrogens is 326 g/mol. The zero-order chi connectivity index (χ0) is 18.4. The molecule has 0 unspecified atom stereocenters. The Bertz CT molecular complexity index is 852. The van der Waals surface area contributed by atoms with Gasteiger partial charge in [-0.05, 0) is 48.7 Å². The van der Waals surface area contributed by atoms with Crippen LogP contribution in [0.4, 0.5) is 0 Å². The van der Waals surface area contributed by atoms with Gasteiger partial charge in [0.15, 0.2) is 6.61 Å². The van der Waals surface area contributed by atoms with Crippen LogP contribution in [0.15, 0.2) is 60.9 Å². The third kappa shape index (κ3) is 4.51. The Kier molecular flexibility index (Phi) is 5.69. The van der Waals surface area contributed by atoms with Crippen molar-refractivity contribution in [2.24, 2.45) is 0 Å². The van der Waals surface area contributed by atoms with Crippen LogP contribution in [0.5, 0.6) is 5.75 Å². The number of amides is 1. The molecule has 5 heteroatoms. The van der Waals surface area contributed by atoms with Crippen LogP contribution in [0.1, 0.15) is 23.9 Å². The maximum absolute atomic E-state index is 12.0. The molecule has 134 valence electrons. The maximum atomic E-state index is 12.0. The van der Waals surface area contributed by atoms with Gasteiger partial charge in [0.25, 0.3) is 5.91 Å². The number of nitrogens with zero attached hydrogens (tertiary/aromatic N) is 2. The third-order valence-electron chi connectivity index (χ3n) is 4.23. The molecule has 0 aliphatic carbocycles. The average Bonchev–Trinajstić information content (AvgIpc) is 3.11. The summed E-state index contributed by atoms with van der Waals surface area (Å²) in [7, 11) is 0. The fourth-order valence-corrected chi connectivity index (χ4v) is 2.65. The summed E-state index contributed by atoms with van der Waals surface area (Å²) in [5.74, 6) is 1.51. The van der Waals surface area contributed by atoms with Crippen LogP contribution in [0, 0.1) is 6.92 Å². The molecule has 0 aliphatic rings. The number of hydrogen-bond donors (Lipinski definition) is 1. The van der Waals surface area contributed by atoms with E-state index in [0.29, 0.717) is 12.3 Å². The fraction of sp³-hybridized carbons (Fsp3) is 0.238. The Morgan fingerprint density at radius 2 is 1.77 bits per heavy atom. The second-order valence-electron chi connectivity index (χ2n) is 6.07. The van der Waals surface area contributed by atoms with E-state index in [2.05, 4.69) is 17.2 Å². The fourth-order valence-electron chi connectivity index (χ4n) is 2.65. The lowest BCUT2D eigenvalue weighted by Crippen LogP contribution is -2.28. The van der Waals surface area contributed by atoms with E-state index < -0.39 is 0 Å². The lowest BCUT2D eigenvalue weighted by molar-refractivity contribution is -0.123. The summed E-state index contributed by atoms with van der Waals surface area (Å²) in [5, 5.41) is 2.87. The van der Waals surface area contributed by atoms with E-state index in [1.165, 1.54) is 5.56 Å². The topological polar surface area (TPSA) is 56.1 Å². The van der Waals surface area contributed by atoms with Crippen molar-refractivity contribution >= 4 is 5.91 Å². The Morgan fingerprint density at radius 1 is 1.08 bits per heavy atom. The molecule has 0 saturated heterocycles. The van der Waals surface area contributed by atoms with Gasteiger partial charge >= 0.3 is 0 Å². The van der Waals surface area contributed by atoms with Gasteiger partial charge in [0.05, 0.1) is 0 Å². The summed E-state index contributed by atoms with van der Waals surface area (Å²) in [6.07, 6.45) is 4.69. The summed E-state index contributed by atoms with van der Waals surface area (Å²) in [6.45, 7) is 4.55. The number of nitrogens with one attached hydrogen (secondary N) is 1. The lowest BCUT2D eigenvalue weighted by Gasteiger charge is -2.09. The van der Waals surface area contributed by atoms with Crippen molar-refractivity contribution < 1.29 is 9.53 Å². The summed E-state index contributed by atoms with van der Waals surface area (Å²) >= 11 is 0. The number of aryl methyl sites for hydroxylation is 2. The highest BCUT2D eigenvalue weighted by atomic mass is 16.5. The Hall–Kier alpha value is -3.08. The number of carbonyl (C=O) groups is 1. The molecule has 0 radical (unpaired) electrons. The van der Waals surface area contributed by atoms with Crippen molar-refractivity contribution in [3.05, 3.63) is 77.9 Å². The predicted octanol–water partition coefficient (Wildman–Crippen LogP) is 3.44. The van der Waals surface area contributed by atoms with E-state index in [1.807, 2.05) is 66.2 Å². The molecule has 1 heterocycles. The highest BCUT2D eigenvalue weighted by Crippen LogP contribution is 2.13. The number of ether oxygens (including phenoxy) is 1. The van der Waals surface area contributed by atoms with Gasteiger partial charge < -0.3 is 14.6 Å². The van der Waals surface area contributed by atoms with E-state index in [9.17, 15) is 4.79 Å². The van der Waals surface area contributed by atoms with Gasteiger partial charge in [0.2, 0.25) is 0 Å². The van der Waals surface area contributed by atoms with Gasteiger partial charge in [-0.3, -0.25) is 4.79 Å². The van der Waals surface area contributed by atoms with Crippen molar-refractivity contribution in [3.8, 4) is 11.4 Å². The molecule has 3 rings (SSSR count). The van der Waals surface area contributed by atoms with Crippen LogP contribution >= 0.6 is 0 Å².